The molecule has 124 valence electrons. The predicted molar refractivity (Wildman–Crippen MR) is 89.7 cm³/mol. The van der Waals surface area contributed by atoms with Gasteiger partial charge in [0.15, 0.2) is 0 Å². The number of likely N-dealkylation sites (tertiary alicyclic amines) is 1. The van der Waals surface area contributed by atoms with Gasteiger partial charge in [0.1, 0.15) is 5.82 Å². The molecule has 2 aromatic carbocycles. The van der Waals surface area contributed by atoms with Gasteiger partial charge in [0.05, 0.1) is 12.0 Å². The zero-order valence-electron chi connectivity index (χ0n) is 13.4. The normalized spacial score (nSPS) is 20.8. The van der Waals surface area contributed by atoms with E-state index in [1.807, 2.05) is 30.3 Å². The van der Waals surface area contributed by atoms with Crippen LogP contribution >= 0.6 is 0 Å². The van der Waals surface area contributed by atoms with Gasteiger partial charge in [-0.15, -0.1) is 0 Å². The second-order valence-electron chi connectivity index (χ2n) is 6.00. The number of rotatable bonds is 3. The summed E-state index contributed by atoms with van der Waals surface area (Å²) in [5.74, 6) is -0.817. The zero-order valence-corrected chi connectivity index (χ0v) is 13.4. The maximum atomic E-state index is 13.0. The highest BCUT2D eigenvalue weighted by Crippen LogP contribution is 2.36. The third-order valence-corrected chi connectivity index (χ3v) is 4.45. The summed E-state index contributed by atoms with van der Waals surface area (Å²) < 4.78 is 13.0. The molecule has 0 saturated carbocycles. The summed E-state index contributed by atoms with van der Waals surface area (Å²) in [4.78, 5) is 26.5. The van der Waals surface area contributed by atoms with Crippen LogP contribution in [0.3, 0.4) is 0 Å². The smallest absolute Gasteiger partial charge is 0.229 e. The van der Waals surface area contributed by atoms with Crippen molar-refractivity contribution in [2.24, 2.45) is 5.92 Å². The molecule has 1 saturated heterocycles. The molecule has 1 aliphatic rings. The van der Waals surface area contributed by atoms with Crippen LogP contribution in [0.15, 0.2) is 54.6 Å². The fraction of sp³-hybridized carbons (Fsp3) is 0.263. The third-order valence-electron chi connectivity index (χ3n) is 4.45. The van der Waals surface area contributed by atoms with Crippen LogP contribution in [0.5, 0.6) is 0 Å². The first-order valence-corrected chi connectivity index (χ1v) is 7.93. The SMILES string of the molecule is CN1C(=O)CC[C@@H](C(=O)Nc2ccc(F)cc2)[C@@H]1c1ccccc1. The number of carbonyl (C=O) groups excluding carboxylic acids is 2. The lowest BCUT2D eigenvalue weighted by atomic mass is 9.84. The topological polar surface area (TPSA) is 49.4 Å². The van der Waals surface area contributed by atoms with Gasteiger partial charge in [-0.25, -0.2) is 4.39 Å². The molecule has 0 radical (unpaired) electrons. The Morgan fingerprint density at radius 2 is 1.79 bits per heavy atom. The number of halogens is 1. The molecule has 4 nitrogen and oxygen atoms in total. The Bertz CT molecular complexity index is 731. The van der Waals surface area contributed by atoms with Crippen LogP contribution in [0, 0.1) is 11.7 Å². The predicted octanol–water partition coefficient (Wildman–Crippen LogP) is 3.37. The van der Waals surface area contributed by atoms with E-state index in [9.17, 15) is 14.0 Å². The summed E-state index contributed by atoms with van der Waals surface area (Å²) in [6.45, 7) is 0. The lowest BCUT2D eigenvalue weighted by molar-refractivity contribution is -0.140. The number of carbonyl (C=O) groups is 2. The van der Waals surface area contributed by atoms with E-state index in [-0.39, 0.29) is 29.6 Å². The van der Waals surface area contributed by atoms with Gasteiger partial charge in [0.25, 0.3) is 0 Å². The van der Waals surface area contributed by atoms with Crippen LogP contribution in [0.2, 0.25) is 0 Å². The van der Waals surface area contributed by atoms with Crippen LogP contribution in [-0.2, 0) is 9.59 Å². The Kier molecular flexibility index (Phi) is 4.60. The van der Waals surface area contributed by atoms with E-state index < -0.39 is 0 Å². The number of nitrogens with zero attached hydrogens (tertiary/aromatic N) is 1. The van der Waals surface area contributed by atoms with Crippen LogP contribution in [0.25, 0.3) is 0 Å². The molecule has 3 rings (SSSR count). The molecule has 1 heterocycles. The second kappa shape index (κ2) is 6.83. The molecular weight excluding hydrogens is 307 g/mol. The summed E-state index contributed by atoms with van der Waals surface area (Å²) in [6, 6.07) is 14.9. The number of hydrogen-bond acceptors (Lipinski definition) is 2. The minimum Gasteiger partial charge on any atom is -0.338 e. The van der Waals surface area contributed by atoms with Gasteiger partial charge in [0, 0.05) is 19.2 Å². The molecular formula is C19H19FN2O2. The number of amides is 2. The summed E-state index contributed by atoms with van der Waals surface area (Å²) in [7, 11) is 1.73. The Balaban J connectivity index is 1.84. The van der Waals surface area contributed by atoms with Crippen molar-refractivity contribution in [3.63, 3.8) is 0 Å². The van der Waals surface area contributed by atoms with Crippen molar-refractivity contribution in [2.75, 3.05) is 12.4 Å². The van der Waals surface area contributed by atoms with E-state index in [0.717, 1.165) is 5.56 Å². The fourth-order valence-corrected chi connectivity index (χ4v) is 3.19. The molecule has 24 heavy (non-hydrogen) atoms. The minimum absolute atomic E-state index is 0.0367. The van der Waals surface area contributed by atoms with Crippen LogP contribution in [0.1, 0.15) is 24.4 Å². The molecule has 0 aliphatic carbocycles. The van der Waals surface area contributed by atoms with Gasteiger partial charge in [-0.1, -0.05) is 30.3 Å². The molecule has 0 bridgehead atoms. The maximum Gasteiger partial charge on any atom is 0.229 e. The Labute approximate surface area is 140 Å². The quantitative estimate of drug-likeness (QED) is 0.940. The Morgan fingerprint density at radius 3 is 2.46 bits per heavy atom. The molecule has 1 aliphatic heterocycles. The van der Waals surface area contributed by atoms with Crippen LogP contribution in [0.4, 0.5) is 10.1 Å². The first-order valence-electron chi connectivity index (χ1n) is 7.93. The van der Waals surface area contributed by atoms with Crippen molar-refractivity contribution in [1.82, 2.24) is 4.90 Å². The zero-order chi connectivity index (χ0) is 17.1. The molecule has 1 N–H and O–H groups in total. The van der Waals surface area contributed by atoms with Gasteiger partial charge < -0.3 is 10.2 Å². The first kappa shape index (κ1) is 16.2. The van der Waals surface area contributed by atoms with Gasteiger partial charge in [-0.2, -0.15) is 0 Å². The summed E-state index contributed by atoms with van der Waals surface area (Å²) in [5, 5.41) is 2.83. The minimum atomic E-state index is -0.349. The van der Waals surface area contributed by atoms with Crippen LogP contribution < -0.4 is 5.32 Å². The standard InChI is InChI=1S/C19H19FN2O2/c1-22-17(23)12-11-16(18(22)13-5-3-2-4-6-13)19(24)21-15-9-7-14(20)8-10-15/h2-10,16,18H,11-12H2,1H3,(H,21,24)/t16-,18+/m1/s1. The molecule has 2 aromatic rings. The number of nitrogens with one attached hydrogen (secondary N) is 1. The molecule has 1 fully saturated rings. The van der Waals surface area contributed by atoms with E-state index in [0.29, 0.717) is 18.5 Å². The fourth-order valence-electron chi connectivity index (χ4n) is 3.19. The van der Waals surface area contributed by atoms with Crippen molar-refractivity contribution >= 4 is 17.5 Å². The van der Waals surface area contributed by atoms with Crippen LogP contribution in [-0.4, -0.2) is 23.8 Å². The Hall–Kier alpha value is -2.69. The summed E-state index contributed by atoms with van der Waals surface area (Å²) in [5.41, 5.74) is 1.49. The number of piperidine rings is 1. The number of hydrogen-bond donors (Lipinski definition) is 1. The van der Waals surface area contributed by atoms with Crippen molar-refractivity contribution in [2.45, 2.75) is 18.9 Å². The molecule has 5 heteroatoms. The Morgan fingerprint density at radius 1 is 1.12 bits per heavy atom. The average Bonchev–Trinajstić information content (AvgIpc) is 2.60. The lowest BCUT2D eigenvalue weighted by Crippen LogP contribution is -2.44. The highest BCUT2D eigenvalue weighted by Gasteiger charge is 2.38. The van der Waals surface area contributed by atoms with Gasteiger partial charge in [0.2, 0.25) is 11.8 Å². The first-order chi connectivity index (χ1) is 11.6. The second-order valence-corrected chi connectivity index (χ2v) is 6.00. The molecule has 0 spiro atoms. The highest BCUT2D eigenvalue weighted by atomic mass is 19.1. The number of anilines is 1. The monoisotopic (exact) mass is 326 g/mol. The summed E-state index contributed by atoms with van der Waals surface area (Å²) >= 11 is 0. The van der Waals surface area contributed by atoms with Gasteiger partial charge in [-0.05, 0) is 36.2 Å². The van der Waals surface area contributed by atoms with Crippen molar-refractivity contribution in [1.29, 1.82) is 0 Å². The summed E-state index contributed by atoms with van der Waals surface area (Å²) in [6.07, 6.45) is 0.844. The van der Waals surface area contributed by atoms with Crippen molar-refractivity contribution in [3.8, 4) is 0 Å². The van der Waals surface area contributed by atoms with E-state index in [1.54, 1.807) is 11.9 Å². The van der Waals surface area contributed by atoms with E-state index >= 15 is 0 Å². The third kappa shape index (κ3) is 3.30. The molecule has 2 amide bonds. The van der Waals surface area contributed by atoms with Gasteiger partial charge in [-0.3, -0.25) is 9.59 Å². The van der Waals surface area contributed by atoms with Gasteiger partial charge >= 0.3 is 0 Å². The van der Waals surface area contributed by atoms with E-state index in [2.05, 4.69) is 5.32 Å². The largest absolute Gasteiger partial charge is 0.338 e. The van der Waals surface area contributed by atoms with Crippen molar-refractivity contribution in [3.05, 3.63) is 66.0 Å². The molecule has 0 unspecified atom stereocenters. The lowest BCUT2D eigenvalue weighted by Gasteiger charge is -2.38. The average molecular weight is 326 g/mol. The van der Waals surface area contributed by atoms with E-state index in [4.69, 9.17) is 0 Å². The molecule has 0 aromatic heterocycles. The number of benzene rings is 2. The van der Waals surface area contributed by atoms with E-state index in [1.165, 1.54) is 24.3 Å². The van der Waals surface area contributed by atoms with Crippen molar-refractivity contribution < 1.29 is 14.0 Å². The maximum absolute atomic E-state index is 13.0. The highest BCUT2D eigenvalue weighted by molar-refractivity contribution is 5.94. The molecule has 2 atom stereocenters.